The number of nitrogens with one attached hydrogen (secondary N) is 1. The summed E-state index contributed by atoms with van der Waals surface area (Å²) in [6, 6.07) is 19.3. The van der Waals surface area contributed by atoms with Crippen LogP contribution in [0.3, 0.4) is 0 Å². The molecule has 0 bridgehead atoms. The predicted molar refractivity (Wildman–Crippen MR) is 119 cm³/mol. The van der Waals surface area contributed by atoms with Crippen LogP contribution in [0.1, 0.15) is 38.8 Å². The first-order chi connectivity index (χ1) is 15.9. The first-order valence-corrected chi connectivity index (χ1v) is 10.6. The highest BCUT2D eigenvalue weighted by Gasteiger charge is 2.36. The van der Waals surface area contributed by atoms with Gasteiger partial charge in [-0.05, 0) is 60.0 Å². The number of rotatable bonds is 3. The summed E-state index contributed by atoms with van der Waals surface area (Å²) in [4.78, 5) is 18.7. The number of H-pyrrole nitrogens is 1. The second kappa shape index (κ2) is 7.99. The number of aromatic nitrogens is 1. The van der Waals surface area contributed by atoms with Gasteiger partial charge in [0.2, 0.25) is 0 Å². The van der Waals surface area contributed by atoms with Gasteiger partial charge >= 0.3 is 6.18 Å². The van der Waals surface area contributed by atoms with E-state index in [0.29, 0.717) is 29.8 Å². The van der Waals surface area contributed by atoms with Gasteiger partial charge in [-0.1, -0.05) is 30.3 Å². The average Bonchev–Trinajstić information content (AvgIpc) is 3.21. The van der Waals surface area contributed by atoms with Crippen LogP contribution < -0.4 is 4.74 Å². The normalized spacial score (nSPS) is 16.0. The summed E-state index contributed by atoms with van der Waals surface area (Å²) in [6.07, 6.45) is -3.77. The van der Waals surface area contributed by atoms with Crippen LogP contribution in [-0.4, -0.2) is 29.4 Å². The van der Waals surface area contributed by atoms with Crippen molar-refractivity contribution >= 4 is 16.8 Å². The number of alkyl halides is 3. The standard InChI is InChI=1S/C26H21F3N2O2/c1-33-19-12-8-17(9-13-19)25(32)31-15-14-21-20-4-2-3-5-22(20)30-23(21)24(31)16-6-10-18(11-7-16)26(27,28)29/h2-13,24,30H,14-15H2,1H3. The molecule has 0 saturated carbocycles. The van der Waals surface area contributed by atoms with Crippen molar-refractivity contribution in [2.45, 2.75) is 18.6 Å². The lowest BCUT2D eigenvalue weighted by Gasteiger charge is -2.36. The minimum Gasteiger partial charge on any atom is -0.497 e. The first kappa shape index (κ1) is 21.1. The molecule has 0 fully saturated rings. The van der Waals surface area contributed by atoms with Gasteiger partial charge < -0.3 is 14.6 Å². The summed E-state index contributed by atoms with van der Waals surface area (Å²) >= 11 is 0. The maximum Gasteiger partial charge on any atom is 0.416 e. The van der Waals surface area contributed by atoms with E-state index >= 15 is 0 Å². The minimum absolute atomic E-state index is 0.188. The van der Waals surface area contributed by atoms with Crippen LogP contribution in [0.2, 0.25) is 0 Å². The minimum atomic E-state index is -4.42. The van der Waals surface area contributed by atoms with Gasteiger partial charge in [0, 0.05) is 28.7 Å². The van der Waals surface area contributed by atoms with Crippen LogP contribution in [0.15, 0.2) is 72.8 Å². The molecule has 1 amide bonds. The van der Waals surface area contributed by atoms with E-state index in [1.165, 1.54) is 12.1 Å². The molecule has 1 aliphatic rings. The molecular formula is C26H21F3N2O2. The van der Waals surface area contributed by atoms with Crippen LogP contribution in [-0.2, 0) is 12.6 Å². The van der Waals surface area contributed by atoms with E-state index in [1.807, 2.05) is 24.3 Å². The second-order valence-electron chi connectivity index (χ2n) is 8.06. The number of carbonyl (C=O) groups is 1. The Hall–Kier alpha value is -3.74. The van der Waals surface area contributed by atoms with Gasteiger partial charge in [0.1, 0.15) is 5.75 Å². The Morgan fingerprint density at radius 3 is 2.36 bits per heavy atom. The van der Waals surface area contributed by atoms with E-state index in [2.05, 4.69) is 4.98 Å². The Kier molecular flexibility index (Phi) is 5.12. The van der Waals surface area contributed by atoms with Crippen molar-refractivity contribution in [3.05, 3.63) is 101 Å². The van der Waals surface area contributed by atoms with E-state index in [9.17, 15) is 18.0 Å². The number of ether oxygens (including phenoxy) is 1. The van der Waals surface area contributed by atoms with Crippen LogP contribution in [0.5, 0.6) is 5.75 Å². The fraction of sp³-hybridized carbons (Fsp3) is 0.192. The van der Waals surface area contributed by atoms with E-state index in [0.717, 1.165) is 34.3 Å². The number of methoxy groups -OCH3 is 1. The number of amides is 1. The summed E-state index contributed by atoms with van der Waals surface area (Å²) in [5, 5.41) is 1.07. The fourth-order valence-electron chi connectivity index (χ4n) is 4.56. The molecule has 0 spiro atoms. The molecule has 1 N–H and O–H groups in total. The van der Waals surface area contributed by atoms with Gasteiger partial charge in [0.05, 0.1) is 18.7 Å². The maximum absolute atomic E-state index is 13.5. The van der Waals surface area contributed by atoms with Crippen molar-refractivity contribution in [1.29, 1.82) is 0 Å². The van der Waals surface area contributed by atoms with Crippen molar-refractivity contribution in [3.63, 3.8) is 0 Å². The van der Waals surface area contributed by atoms with Gasteiger partial charge in [-0.3, -0.25) is 4.79 Å². The molecule has 1 aliphatic heterocycles. The third-order valence-electron chi connectivity index (χ3n) is 6.19. The van der Waals surface area contributed by atoms with Crippen LogP contribution >= 0.6 is 0 Å². The zero-order chi connectivity index (χ0) is 23.2. The summed E-state index contributed by atoms with van der Waals surface area (Å²) in [7, 11) is 1.56. The molecule has 33 heavy (non-hydrogen) atoms. The van der Waals surface area contributed by atoms with E-state index in [-0.39, 0.29) is 5.91 Å². The fourth-order valence-corrected chi connectivity index (χ4v) is 4.56. The molecule has 4 nitrogen and oxygen atoms in total. The third kappa shape index (κ3) is 3.73. The third-order valence-corrected chi connectivity index (χ3v) is 6.19. The molecule has 1 atom stereocenters. The van der Waals surface area contributed by atoms with Gasteiger partial charge in [-0.15, -0.1) is 0 Å². The lowest BCUT2D eigenvalue weighted by atomic mass is 9.91. The van der Waals surface area contributed by atoms with Crippen LogP contribution in [0, 0.1) is 0 Å². The smallest absolute Gasteiger partial charge is 0.416 e. The summed E-state index contributed by atoms with van der Waals surface area (Å²) in [5.41, 5.74) is 3.27. The van der Waals surface area contributed by atoms with Gasteiger partial charge in [0.15, 0.2) is 0 Å². The van der Waals surface area contributed by atoms with Gasteiger partial charge in [-0.2, -0.15) is 13.2 Å². The lowest BCUT2D eigenvalue weighted by molar-refractivity contribution is -0.137. The number of hydrogen-bond donors (Lipinski definition) is 1. The van der Waals surface area contributed by atoms with Crippen molar-refractivity contribution in [3.8, 4) is 5.75 Å². The lowest BCUT2D eigenvalue weighted by Crippen LogP contribution is -2.40. The number of carbonyl (C=O) groups excluding carboxylic acids is 1. The molecule has 4 aromatic rings. The zero-order valence-corrected chi connectivity index (χ0v) is 17.8. The number of benzene rings is 3. The van der Waals surface area contributed by atoms with Crippen molar-refractivity contribution < 1.29 is 22.7 Å². The molecule has 2 heterocycles. The number of fused-ring (bicyclic) bond motifs is 3. The Bertz CT molecular complexity index is 1310. The Balaban J connectivity index is 1.61. The number of aromatic amines is 1. The molecule has 168 valence electrons. The highest BCUT2D eigenvalue weighted by molar-refractivity contribution is 5.95. The maximum atomic E-state index is 13.5. The Morgan fingerprint density at radius 2 is 1.70 bits per heavy atom. The van der Waals surface area contributed by atoms with Crippen LogP contribution in [0.4, 0.5) is 13.2 Å². The molecule has 1 unspecified atom stereocenters. The molecular weight excluding hydrogens is 429 g/mol. The second-order valence-corrected chi connectivity index (χ2v) is 8.06. The molecule has 0 radical (unpaired) electrons. The number of hydrogen-bond acceptors (Lipinski definition) is 2. The van der Waals surface area contributed by atoms with E-state index < -0.39 is 17.8 Å². The molecule has 7 heteroatoms. The molecule has 5 rings (SSSR count). The number of para-hydroxylation sites is 1. The topological polar surface area (TPSA) is 45.3 Å². The number of halogens is 3. The quantitative estimate of drug-likeness (QED) is 0.417. The van der Waals surface area contributed by atoms with E-state index in [1.54, 1.807) is 36.3 Å². The highest BCUT2D eigenvalue weighted by atomic mass is 19.4. The van der Waals surface area contributed by atoms with Crippen molar-refractivity contribution in [1.82, 2.24) is 9.88 Å². The zero-order valence-electron chi connectivity index (χ0n) is 17.8. The summed E-state index contributed by atoms with van der Waals surface area (Å²) in [6.45, 7) is 0.450. The van der Waals surface area contributed by atoms with Crippen LogP contribution in [0.25, 0.3) is 10.9 Å². The molecule has 0 aliphatic carbocycles. The number of nitrogens with zero attached hydrogens (tertiary/aromatic N) is 1. The summed E-state index contributed by atoms with van der Waals surface area (Å²) in [5.74, 6) is 0.453. The van der Waals surface area contributed by atoms with Crippen molar-refractivity contribution in [2.24, 2.45) is 0 Å². The van der Waals surface area contributed by atoms with E-state index in [4.69, 9.17) is 4.74 Å². The Labute approximate surface area is 188 Å². The monoisotopic (exact) mass is 450 g/mol. The average molecular weight is 450 g/mol. The predicted octanol–water partition coefficient (Wildman–Crippen LogP) is 5.98. The Morgan fingerprint density at radius 1 is 1.00 bits per heavy atom. The van der Waals surface area contributed by atoms with Gasteiger partial charge in [-0.25, -0.2) is 0 Å². The highest BCUT2D eigenvalue weighted by Crippen LogP contribution is 2.40. The van der Waals surface area contributed by atoms with Gasteiger partial charge in [0.25, 0.3) is 5.91 Å². The van der Waals surface area contributed by atoms with Crippen molar-refractivity contribution in [2.75, 3.05) is 13.7 Å². The molecule has 3 aromatic carbocycles. The summed E-state index contributed by atoms with van der Waals surface area (Å²) < 4.78 is 44.6. The first-order valence-electron chi connectivity index (χ1n) is 10.6. The largest absolute Gasteiger partial charge is 0.497 e. The SMILES string of the molecule is COc1ccc(C(=O)N2CCc3c([nH]c4ccccc34)C2c2ccc(C(F)(F)F)cc2)cc1. The molecule has 0 saturated heterocycles. The molecule has 1 aromatic heterocycles.